The van der Waals surface area contributed by atoms with Crippen LogP contribution >= 0.6 is 0 Å². The summed E-state index contributed by atoms with van der Waals surface area (Å²) < 4.78 is 0. The van der Waals surface area contributed by atoms with Gasteiger partial charge in [0.05, 0.1) is 6.04 Å². The van der Waals surface area contributed by atoms with E-state index in [2.05, 4.69) is 0 Å². The molecule has 2 atom stereocenters. The van der Waals surface area contributed by atoms with E-state index in [0.717, 1.165) is 19.4 Å². The minimum Gasteiger partial charge on any atom is -0.341 e. The third-order valence-electron chi connectivity index (χ3n) is 3.92. The number of carbonyl (C=O) groups is 2. The lowest BCUT2D eigenvalue weighted by Crippen LogP contribution is -2.51. The molecule has 0 bridgehead atoms. The van der Waals surface area contributed by atoms with Crippen molar-refractivity contribution in [1.29, 1.82) is 0 Å². The fraction of sp³-hybridized carbons (Fsp3) is 0.857. The summed E-state index contributed by atoms with van der Waals surface area (Å²) in [5, 5.41) is 0. The highest BCUT2D eigenvalue weighted by Crippen LogP contribution is 2.20. The first-order valence-electron chi connectivity index (χ1n) is 7.20. The van der Waals surface area contributed by atoms with Crippen LogP contribution in [0.1, 0.15) is 40.5 Å². The fourth-order valence-corrected chi connectivity index (χ4v) is 2.53. The molecule has 1 aliphatic rings. The first kappa shape index (κ1) is 16.0. The highest BCUT2D eigenvalue weighted by atomic mass is 16.2. The molecule has 0 aromatic carbocycles. The van der Waals surface area contributed by atoms with Crippen molar-refractivity contribution in [1.82, 2.24) is 9.80 Å². The Morgan fingerprint density at radius 1 is 1.42 bits per heavy atom. The Bertz CT molecular complexity index is 331. The zero-order valence-electron chi connectivity index (χ0n) is 12.6. The molecule has 1 fully saturated rings. The van der Waals surface area contributed by atoms with E-state index in [1.165, 1.54) is 0 Å². The maximum atomic E-state index is 12.3. The predicted octanol–water partition coefficient (Wildman–Crippen LogP) is 0.829. The molecule has 0 spiro atoms. The normalized spacial score (nSPS) is 20.7. The van der Waals surface area contributed by atoms with Gasteiger partial charge in [-0.2, -0.15) is 0 Å². The molecule has 5 nitrogen and oxygen atoms in total. The van der Waals surface area contributed by atoms with E-state index in [9.17, 15) is 9.59 Å². The van der Waals surface area contributed by atoms with Gasteiger partial charge in [0.25, 0.3) is 0 Å². The Hall–Kier alpha value is -1.10. The second-order valence-electron chi connectivity index (χ2n) is 5.66. The Balaban J connectivity index is 2.68. The summed E-state index contributed by atoms with van der Waals surface area (Å²) >= 11 is 0. The van der Waals surface area contributed by atoms with Gasteiger partial charge < -0.3 is 15.5 Å². The van der Waals surface area contributed by atoms with Crippen LogP contribution in [-0.4, -0.2) is 53.3 Å². The lowest BCUT2D eigenvalue weighted by molar-refractivity contribution is -0.137. The number of nitrogens with zero attached hydrogens (tertiary/aromatic N) is 2. The number of hydrogen-bond acceptors (Lipinski definition) is 3. The van der Waals surface area contributed by atoms with Crippen molar-refractivity contribution in [3.8, 4) is 0 Å². The van der Waals surface area contributed by atoms with Crippen molar-refractivity contribution in [3.05, 3.63) is 0 Å². The Morgan fingerprint density at radius 3 is 2.53 bits per heavy atom. The zero-order chi connectivity index (χ0) is 14.6. The molecule has 0 aliphatic carbocycles. The van der Waals surface area contributed by atoms with Crippen LogP contribution in [-0.2, 0) is 9.59 Å². The average Bonchev–Trinajstić information content (AvgIpc) is 2.81. The summed E-state index contributed by atoms with van der Waals surface area (Å²) in [6.07, 6.45) is 1.96. The fourth-order valence-electron chi connectivity index (χ4n) is 2.53. The zero-order valence-corrected chi connectivity index (χ0v) is 12.6. The van der Waals surface area contributed by atoms with Crippen LogP contribution in [0.5, 0.6) is 0 Å². The van der Waals surface area contributed by atoms with Crippen LogP contribution in [0.2, 0.25) is 0 Å². The van der Waals surface area contributed by atoms with E-state index < -0.39 is 6.04 Å². The quantitative estimate of drug-likeness (QED) is 0.804. The van der Waals surface area contributed by atoms with E-state index in [0.29, 0.717) is 13.1 Å². The van der Waals surface area contributed by atoms with Crippen molar-refractivity contribution in [2.45, 2.75) is 52.6 Å². The van der Waals surface area contributed by atoms with Crippen LogP contribution in [0.15, 0.2) is 0 Å². The number of likely N-dealkylation sites (N-methyl/N-ethyl adjacent to an activating group) is 1. The molecular formula is C14H27N3O2. The van der Waals surface area contributed by atoms with Gasteiger partial charge in [0, 0.05) is 32.6 Å². The molecule has 1 heterocycles. The van der Waals surface area contributed by atoms with Crippen LogP contribution < -0.4 is 5.73 Å². The standard InChI is InChI=1S/C14H27N3O2/c1-5-16(11(4)18)9-12-7-6-8-17(12)14(19)13(15)10(2)3/h10,12-13H,5-9,15H2,1-4H3/t12-,13-/m0/s1. The average molecular weight is 269 g/mol. The highest BCUT2D eigenvalue weighted by Gasteiger charge is 2.33. The van der Waals surface area contributed by atoms with Gasteiger partial charge in [-0.3, -0.25) is 9.59 Å². The number of carbonyl (C=O) groups excluding carboxylic acids is 2. The summed E-state index contributed by atoms with van der Waals surface area (Å²) in [4.78, 5) is 27.5. The number of hydrogen-bond donors (Lipinski definition) is 1. The molecule has 0 aromatic rings. The number of amides is 2. The van der Waals surface area contributed by atoms with Crippen molar-refractivity contribution in [2.75, 3.05) is 19.6 Å². The van der Waals surface area contributed by atoms with Gasteiger partial charge in [0.2, 0.25) is 11.8 Å². The molecule has 2 amide bonds. The van der Waals surface area contributed by atoms with Crippen LogP contribution in [0.3, 0.4) is 0 Å². The van der Waals surface area contributed by atoms with Gasteiger partial charge in [-0.1, -0.05) is 13.8 Å². The molecule has 0 aromatic heterocycles. The molecule has 2 N–H and O–H groups in total. The van der Waals surface area contributed by atoms with E-state index in [1.54, 1.807) is 11.8 Å². The summed E-state index contributed by atoms with van der Waals surface area (Å²) in [6, 6.07) is -0.311. The number of likely N-dealkylation sites (tertiary alicyclic amines) is 1. The molecule has 0 saturated carbocycles. The molecule has 110 valence electrons. The second-order valence-corrected chi connectivity index (χ2v) is 5.66. The van der Waals surface area contributed by atoms with Gasteiger partial charge in [0.1, 0.15) is 0 Å². The molecule has 5 heteroatoms. The SMILES string of the molecule is CCN(C[C@@H]1CCCN1C(=O)[C@@H](N)C(C)C)C(C)=O. The minimum atomic E-state index is -0.437. The summed E-state index contributed by atoms with van der Waals surface area (Å²) in [6.45, 7) is 9.53. The van der Waals surface area contributed by atoms with Gasteiger partial charge in [-0.15, -0.1) is 0 Å². The third kappa shape index (κ3) is 3.93. The second kappa shape index (κ2) is 6.89. The van der Waals surface area contributed by atoms with Crippen LogP contribution in [0.25, 0.3) is 0 Å². The van der Waals surface area contributed by atoms with Crippen molar-refractivity contribution in [3.63, 3.8) is 0 Å². The molecule has 0 radical (unpaired) electrons. The Morgan fingerprint density at radius 2 is 2.05 bits per heavy atom. The summed E-state index contributed by atoms with van der Waals surface area (Å²) in [7, 11) is 0. The largest absolute Gasteiger partial charge is 0.341 e. The molecule has 1 saturated heterocycles. The first-order valence-corrected chi connectivity index (χ1v) is 7.20. The third-order valence-corrected chi connectivity index (χ3v) is 3.92. The molecule has 1 aliphatic heterocycles. The number of rotatable bonds is 5. The van der Waals surface area contributed by atoms with Gasteiger partial charge in [-0.05, 0) is 25.7 Å². The van der Waals surface area contributed by atoms with Crippen molar-refractivity contribution < 1.29 is 9.59 Å². The molecule has 1 rings (SSSR count). The highest BCUT2D eigenvalue weighted by molar-refractivity contribution is 5.82. The topological polar surface area (TPSA) is 66.6 Å². The van der Waals surface area contributed by atoms with Crippen LogP contribution in [0.4, 0.5) is 0 Å². The lowest BCUT2D eigenvalue weighted by Gasteiger charge is -2.32. The molecule has 19 heavy (non-hydrogen) atoms. The Kier molecular flexibility index (Phi) is 5.79. The monoisotopic (exact) mass is 269 g/mol. The number of nitrogens with two attached hydrogens (primary N) is 1. The van der Waals surface area contributed by atoms with Crippen molar-refractivity contribution >= 4 is 11.8 Å². The maximum absolute atomic E-state index is 12.3. The summed E-state index contributed by atoms with van der Waals surface area (Å²) in [5.74, 6) is 0.232. The maximum Gasteiger partial charge on any atom is 0.240 e. The molecular weight excluding hydrogens is 242 g/mol. The Labute approximate surface area is 116 Å². The minimum absolute atomic E-state index is 0.0251. The van der Waals surface area contributed by atoms with Crippen LogP contribution in [0, 0.1) is 5.92 Å². The van der Waals surface area contributed by atoms with E-state index in [4.69, 9.17) is 5.73 Å². The van der Waals surface area contributed by atoms with E-state index in [-0.39, 0.29) is 23.8 Å². The smallest absolute Gasteiger partial charge is 0.240 e. The first-order chi connectivity index (χ1) is 8.88. The van der Waals surface area contributed by atoms with Gasteiger partial charge in [-0.25, -0.2) is 0 Å². The van der Waals surface area contributed by atoms with Crippen molar-refractivity contribution in [2.24, 2.45) is 11.7 Å². The van der Waals surface area contributed by atoms with E-state index in [1.807, 2.05) is 25.7 Å². The predicted molar refractivity (Wildman–Crippen MR) is 75.5 cm³/mol. The van der Waals surface area contributed by atoms with E-state index >= 15 is 0 Å². The van der Waals surface area contributed by atoms with Gasteiger partial charge in [0.15, 0.2) is 0 Å². The lowest BCUT2D eigenvalue weighted by atomic mass is 10.0. The summed E-state index contributed by atoms with van der Waals surface area (Å²) in [5.41, 5.74) is 5.95. The molecule has 0 unspecified atom stereocenters. The van der Waals surface area contributed by atoms with Gasteiger partial charge >= 0.3 is 0 Å².